The normalized spacial score (nSPS) is 36.4. The van der Waals surface area contributed by atoms with E-state index < -0.39 is 6.10 Å². The first kappa shape index (κ1) is 21.2. The summed E-state index contributed by atoms with van der Waals surface area (Å²) in [5, 5.41) is 10.5. The van der Waals surface area contributed by atoms with E-state index in [1.54, 1.807) is 4.90 Å². The predicted molar refractivity (Wildman–Crippen MR) is 105 cm³/mol. The Labute approximate surface area is 169 Å². The Hall–Kier alpha value is -0.560. The van der Waals surface area contributed by atoms with Crippen LogP contribution in [0.5, 0.6) is 0 Å². The Morgan fingerprint density at radius 1 is 1.07 bits per heavy atom. The Kier molecular flexibility index (Phi) is 6.93. The van der Waals surface area contributed by atoms with Crippen LogP contribution in [-0.2, 0) is 9.47 Å². The second-order valence-corrected chi connectivity index (χ2v) is 9.05. The highest BCUT2D eigenvalue weighted by Crippen LogP contribution is 2.57. The third kappa shape index (κ3) is 4.89. The molecule has 0 aromatic carbocycles. The molecule has 156 valence electrons. The lowest BCUT2D eigenvalue weighted by molar-refractivity contribution is -0.176. The SMILES string of the molecule is CCOC(=O)N1CCN(CC(O)COC23CC4CC(CC(C4)C2)C3)CC1.Cl. The summed E-state index contributed by atoms with van der Waals surface area (Å²) in [5.74, 6) is 2.61. The van der Waals surface area contributed by atoms with Crippen LogP contribution in [0.3, 0.4) is 0 Å². The highest BCUT2D eigenvalue weighted by atomic mass is 35.5. The van der Waals surface area contributed by atoms with Crippen molar-refractivity contribution >= 4 is 18.5 Å². The summed E-state index contributed by atoms with van der Waals surface area (Å²) >= 11 is 0. The Morgan fingerprint density at radius 2 is 1.63 bits per heavy atom. The van der Waals surface area contributed by atoms with Crippen LogP contribution in [0.1, 0.15) is 45.4 Å². The molecular weight excluding hydrogens is 368 g/mol. The molecule has 1 atom stereocenters. The van der Waals surface area contributed by atoms with Crippen molar-refractivity contribution in [3.8, 4) is 0 Å². The number of piperazine rings is 1. The molecule has 5 aliphatic rings. The van der Waals surface area contributed by atoms with Crippen LogP contribution in [-0.4, -0.2) is 78.6 Å². The molecule has 1 heterocycles. The average molecular weight is 403 g/mol. The van der Waals surface area contributed by atoms with Crippen LogP contribution < -0.4 is 0 Å². The van der Waals surface area contributed by atoms with E-state index in [-0.39, 0.29) is 24.1 Å². The number of β-amino-alcohol motifs (C(OH)–C–C–N with tert-alkyl or cyclic N) is 1. The minimum atomic E-state index is -0.447. The summed E-state index contributed by atoms with van der Waals surface area (Å²) in [6.45, 7) is 6.23. The molecule has 7 heteroatoms. The van der Waals surface area contributed by atoms with Crippen LogP contribution >= 0.6 is 12.4 Å². The van der Waals surface area contributed by atoms with Crippen molar-refractivity contribution < 1.29 is 19.4 Å². The van der Waals surface area contributed by atoms with Crippen LogP contribution in [0, 0.1) is 17.8 Å². The van der Waals surface area contributed by atoms with Crippen molar-refractivity contribution in [2.45, 2.75) is 57.2 Å². The third-order valence-corrected chi connectivity index (χ3v) is 6.93. The number of hydrogen-bond donors (Lipinski definition) is 1. The van der Waals surface area contributed by atoms with E-state index in [2.05, 4.69) is 4.90 Å². The fourth-order valence-corrected chi connectivity index (χ4v) is 6.16. The first-order valence-corrected chi connectivity index (χ1v) is 10.5. The number of carbonyl (C=O) groups excluding carboxylic acids is 1. The number of hydrogen-bond acceptors (Lipinski definition) is 5. The van der Waals surface area contributed by atoms with Crippen LogP contribution in [0.15, 0.2) is 0 Å². The average Bonchev–Trinajstić information content (AvgIpc) is 2.60. The van der Waals surface area contributed by atoms with Gasteiger partial charge < -0.3 is 19.5 Å². The molecule has 1 unspecified atom stereocenters. The molecule has 1 amide bonds. The zero-order valence-electron chi connectivity index (χ0n) is 16.5. The Balaban J connectivity index is 0.00000210. The van der Waals surface area contributed by atoms with Gasteiger partial charge in [-0.3, -0.25) is 4.90 Å². The van der Waals surface area contributed by atoms with Gasteiger partial charge in [-0.25, -0.2) is 4.79 Å². The molecule has 1 N–H and O–H groups in total. The lowest BCUT2D eigenvalue weighted by atomic mass is 9.54. The molecule has 4 bridgehead atoms. The molecule has 0 aromatic heterocycles. The van der Waals surface area contributed by atoms with Crippen molar-refractivity contribution in [1.29, 1.82) is 0 Å². The van der Waals surface area contributed by atoms with Crippen molar-refractivity contribution in [1.82, 2.24) is 9.80 Å². The summed E-state index contributed by atoms with van der Waals surface area (Å²) in [6.07, 6.45) is 7.20. The second-order valence-electron chi connectivity index (χ2n) is 9.05. The van der Waals surface area contributed by atoms with Gasteiger partial charge in [0.25, 0.3) is 0 Å². The number of aliphatic hydroxyl groups is 1. The number of ether oxygens (including phenoxy) is 2. The van der Waals surface area contributed by atoms with E-state index in [1.165, 1.54) is 38.5 Å². The number of aliphatic hydroxyl groups excluding tert-OH is 1. The molecule has 0 radical (unpaired) electrons. The number of halogens is 1. The summed E-state index contributed by atoms with van der Waals surface area (Å²) in [5.41, 5.74) is 0.0678. The molecular formula is C20H35ClN2O4. The van der Waals surface area contributed by atoms with E-state index in [0.717, 1.165) is 30.8 Å². The van der Waals surface area contributed by atoms with Gasteiger partial charge >= 0.3 is 6.09 Å². The quantitative estimate of drug-likeness (QED) is 0.739. The zero-order valence-corrected chi connectivity index (χ0v) is 17.3. The smallest absolute Gasteiger partial charge is 0.409 e. The minimum Gasteiger partial charge on any atom is -0.450 e. The standard InChI is InChI=1S/C20H34N2O4.ClH/c1-2-25-19(24)22-5-3-21(4-6-22)13-18(23)14-26-20-10-15-7-16(11-20)9-17(8-15)12-20;/h15-18,23H,2-14H2,1H3;1H. The fraction of sp³-hybridized carbons (Fsp3) is 0.950. The molecule has 4 saturated carbocycles. The van der Waals surface area contributed by atoms with Crippen LogP contribution in [0.4, 0.5) is 4.79 Å². The maximum atomic E-state index is 11.8. The van der Waals surface area contributed by atoms with Gasteiger partial charge in [0.05, 0.1) is 24.9 Å². The maximum absolute atomic E-state index is 11.8. The van der Waals surface area contributed by atoms with Crippen LogP contribution in [0.25, 0.3) is 0 Å². The highest BCUT2D eigenvalue weighted by Gasteiger charge is 2.51. The molecule has 27 heavy (non-hydrogen) atoms. The van der Waals surface area contributed by atoms with Gasteiger partial charge in [-0.05, 0) is 63.2 Å². The van der Waals surface area contributed by atoms with Gasteiger partial charge in [-0.2, -0.15) is 0 Å². The molecule has 4 aliphatic carbocycles. The van der Waals surface area contributed by atoms with Crippen molar-refractivity contribution in [2.24, 2.45) is 17.8 Å². The van der Waals surface area contributed by atoms with Gasteiger partial charge in [0.2, 0.25) is 0 Å². The lowest BCUT2D eigenvalue weighted by Crippen LogP contribution is -2.54. The summed E-state index contributed by atoms with van der Waals surface area (Å²) in [4.78, 5) is 15.7. The molecule has 0 spiro atoms. The van der Waals surface area contributed by atoms with E-state index in [1.807, 2.05) is 6.92 Å². The van der Waals surface area contributed by atoms with Gasteiger partial charge in [0.1, 0.15) is 0 Å². The predicted octanol–water partition coefficient (Wildman–Crippen LogP) is 2.53. The fourth-order valence-electron chi connectivity index (χ4n) is 6.16. The van der Waals surface area contributed by atoms with Gasteiger partial charge in [-0.1, -0.05) is 0 Å². The van der Waals surface area contributed by atoms with Crippen molar-refractivity contribution in [3.05, 3.63) is 0 Å². The van der Waals surface area contributed by atoms with E-state index in [9.17, 15) is 9.90 Å². The monoisotopic (exact) mass is 402 g/mol. The highest BCUT2D eigenvalue weighted by molar-refractivity contribution is 5.85. The van der Waals surface area contributed by atoms with Crippen molar-refractivity contribution in [2.75, 3.05) is 45.9 Å². The van der Waals surface area contributed by atoms with Crippen LogP contribution in [0.2, 0.25) is 0 Å². The zero-order chi connectivity index (χ0) is 18.1. The number of rotatable bonds is 6. The largest absolute Gasteiger partial charge is 0.450 e. The second kappa shape index (κ2) is 8.85. The molecule has 6 nitrogen and oxygen atoms in total. The summed E-state index contributed by atoms with van der Waals surface area (Å²) < 4.78 is 11.4. The minimum absolute atomic E-state index is 0. The van der Waals surface area contributed by atoms with Gasteiger partial charge in [0, 0.05) is 32.7 Å². The van der Waals surface area contributed by atoms with Gasteiger partial charge in [0.15, 0.2) is 0 Å². The molecule has 5 rings (SSSR count). The van der Waals surface area contributed by atoms with E-state index in [0.29, 0.717) is 32.8 Å². The third-order valence-electron chi connectivity index (χ3n) is 6.93. The van der Waals surface area contributed by atoms with Crippen molar-refractivity contribution in [3.63, 3.8) is 0 Å². The topological polar surface area (TPSA) is 62.2 Å². The number of nitrogens with zero attached hydrogens (tertiary/aromatic N) is 2. The first-order chi connectivity index (χ1) is 12.5. The molecule has 5 fully saturated rings. The van der Waals surface area contributed by atoms with E-state index >= 15 is 0 Å². The lowest BCUT2D eigenvalue weighted by Gasteiger charge is -2.56. The molecule has 1 aliphatic heterocycles. The first-order valence-electron chi connectivity index (χ1n) is 10.5. The summed E-state index contributed by atoms with van der Waals surface area (Å²) in [6, 6.07) is 0. The summed E-state index contributed by atoms with van der Waals surface area (Å²) in [7, 11) is 0. The Morgan fingerprint density at radius 3 is 2.15 bits per heavy atom. The van der Waals surface area contributed by atoms with Gasteiger partial charge in [-0.15, -0.1) is 12.4 Å². The number of carbonyl (C=O) groups is 1. The van der Waals surface area contributed by atoms with E-state index in [4.69, 9.17) is 9.47 Å². The molecule has 1 saturated heterocycles. The molecule has 0 aromatic rings. The number of amides is 1. The maximum Gasteiger partial charge on any atom is 0.409 e. The Bertz CT molecular complexity index is 475.